The number of aromatic amines is 1. The van der Waals surface area contributed by atoms with Crippen LogP contribution in [0.2, 0.25) is 0 Å². The van der Waals surface area contributed by atoms with E-state index in [0.29, 0.717) is 30.3 Å². The number of aromatic nitrogens is 1. The van der Waals surface area contributed by atoms with Crippen LogP contribution >= 0.6 is 0 Å². The van der Waals surface area contributed by atoms with Crippen molar-refractivity contribution in [2.45, 2.75) is 142 Å². The Morgan fingerprint density at radius 2 is 1.07 bits per heavy atom. The Labute approximate surface area is 266 Å². The molecule has 0 aliphatic carbocycles. The lowest BCUT2D eigenvalue weighted by Crippen LogP contribution is -2.16. The minimum atomic E-state index is -0.617. The second kappa shape index (κ2) is 23.0. The lowest BCUT2D eigenvalue weighted by atomic mass is 9.96. The van der Waals surface area contributed by atoms with Crippen molar-refractivity contribution in [3.8, 4) is 34.8 Å². The highest BCUT2D eigenvalue weighted by Gasteiger charge is 2.20. The first-order valence-corrected chi connectivity index (χ1v) is 17.3. The van der Waals surface area contributed by atoms with Gasteiger partial charge in [0.05, 0.1) is 13.2 Å². The number of unbranched alkanes of at least 4 members (excludes halogenated alkanes) is 18. The third-order valence-electron chi connectivity index (χ3n) is 8.21. The van der Waals surface area contributed by atoms with Gasteiger partial charge in [0.25, 0.3) is 5.56 Å². The van der Waals surface area contributed by atoms with Gasteiger partial charge in [0.1, 0.15) is 29.1 Å². The summed E-state index contributed by atoms with van der Waals surface area (Å²) in [4.78, 5) is 14.9. The number of rotatable bonds is 25. The number of nitrogens with two attached hydrogens (primary N) is 1. The molecule has 0 bridgehead atoms. The van der Waals surface area contributed by atoms with E-state index in [1.807, 2.05) is 12.1 Å². The fourth-order valence-corrected chi connectivity index (χ4v) is 5.57. The lowest BCUT2D eigenvalue weighted by molar-refractivity contribution is 0.258. The fraction of sp³-hybridized carbons (Fsp3) is 0.649. The van der Waals surface area contributed by atoms with Gasteiger partial charge in [-0.25, -0.2) is 0 Å². The van der Waals surface area contributed by atoms with Crippen LogP contribution in [0.15, 0.2) is 23.0 Å². The minimum absolute atomic E-state index is 0.0550. The molecule has 7 heteroatoms. The minimum Gasteiger partial charge on any atom is -0.490 e. The fourth-order valence-electron chi connectivity index (χ4n) is 5.57. The first kappa shape index (κ1) is 36.7. The van der Waals surface area contributed by atoms with E-state index in [9.17, 15) is 15.3 Å². The van der Waals surface area contributed by atoms with E-state index in [1.54, 1.807) is 18.2 Å². The Bertz CT molecular complexity index is 1220. The van der Waals surface area contributed by atoms with Crippen LogP contribution in [-0.4, -0.2) is 18.2 Å². The number of anilines is 1. The zero-order chi connectivity index (χ0) is 31.8. The van der Waals surface area contributed by atoms with Crippen molar-refractivity contribution in [3.05, 3.63) is 39.7 Å². The van der Waals surface area contributed by atoms with E-state index in [0.717, 1.165) is 25.7 Å². The summed E-state index contributed by atoms with van der Waals surface area (Å²) in [6.07, 6.45) is 25.0. The summed E-state index contributed by atoms with van der Waals surface area (Å²) < 4.78 is 12.4. The first-order chi connectivity index (χ1) is 21.6. The van der Waals surface area contributed by atoms with Crippen LogP contribution < -0.4 is 20.8 Å². The largest absolute Gasteiger partial charge is 0.490 e. The molecule has 0 unspecified atom stereocenters. The van der Waals surface area contributed by atoms with E-state index >= 15 is 0 Å². The van der Waals surface area contributed by atoms with E-state index in [2.05, 4.69) is 18.8 Å². The SMILES string of the molecule is CCCCCCCCCCCCOc1ccc(-c2c(C#N)c(N)[nH]c(=O)c2C#N)cc1OCCCCCCCCCCCC. The Kier molecular flexibility index (Phi) is 19.2. The highest BCUT2D eigenvalue weighted by molar-refractivity contribution is 5.81. The molecule has 1 aromatic heterocycles. The smallest absolute Gasteiger partial charge is 0.268 e. The maximum absolute atomic E-state index is 12.5. The number of nitrogens with zero attached hydrogens (tertiary/aromatic N) is 2. The van der Waals surface area contributed by atoms with Gasteiger partial charge in [0.2, 0.25) is 0 Å². The third kappa shape index (κ3) is 13.5. The number of H-pyrrole nitrogens is 1. The predicted octanol–water partition coefficient (Wildman–Crippen LogP) is 9.97. The van der Waals surface area contributed by atoms with Gasteiger partial charge in [-0.15, -0.1) is 0 Å². The highest BCUT2D eigenvalue weighted by Crippen LogP contribution is 2.36. The van der Waals surface area contributed by atoms with E-state index in [4.69, 9.17) is 15.2 Å². The molecule has 3 N–H and O–H groups in total. The van der Waals surface area contributed by atoms with Crippen LogP contribution in [0, 0.1) is 22.7 Å². The molecule has 0 amide bonds. The lowest BCUT2D eigenvalue weighted by Gasteiger charge is -2.16. The highest BCUT2D eigenvalue weighted by atomic mass is 16.5. The number of hydrogen-bond donors (Lipinski definition) is 2. The number of pyridine rings is 1. The van der Waals surface area contributed by atoms with Gasteiger partial charge in [-0.2, -0.15) is 10.5 Å². The Morgan fingerprint density at radius 1 is 0.636 bits per heavy atom. The zero-order valence-corrected chi connectivity index (χ0v) is 27.5. The molecule has 2 rings (SSSR count). The number of hydrogen-bond acceptors (Lipinski definition) is 6. The van der Waals surface area contributed by atoms with Crippen LogP contribution in [0.5, 0.6) is 11.5 Å². The van der Waals surface area contributed by atoms with Crippen molar-refractivity contribution >= 4 is 5.82 Å². The second-order valence-electron chi connectivity index (χ2n) is 11.9. The molecule has 0 atom stereocenters. The van der Waals surface area contributed by atoms with Crippen LogP contribution in [0.25, 0.3) is 11.1 Å². The van der Waals surface area contributed by atoms with Gasteiger partial charge in [-0.05, 0) is 30.5 Å². The molecule has 0 saturated heterocycles. The molecular formula is C37H56N4O3. The van der Waals surface area contributed by atoms with E-state index in [1.165, 1.54) is 103 Å². The molecule has 2 aromatic rings. The van der Waals surface area contributed by atoms with Crippen molar-refractivity contribution in [2.75, 3.05) is 18.9 Å². The van der Waals surface area contributed by atoms with Gasteiger partial charge in [0, 0.05) is 5.56 Å². The molecule has 0 spiro atoms. The van der Waals surface area contributed by atoms with Crippen LogP contribution in [0.3, 0.4) is 0 Å². The van der Waals surface area contributed by atoms with Gasteiger partial charge in [-0.3, -0.25) is 4.79 Å². The van der Waals surface area contributed by atoms with Gasteiger partial charge < -0.3 is 20.2 Å². The summed E-state index contributed by atoms with van der Waals surface area (Å²) >= 11 is 0. The quantitative estimate of drug-likeness (QED) is 0.109. The van der Waals surface area contributed by atoms with Crippen LogP contribution in [0.4, 0.5) is 5.82 Å². The van der Waals surface area contributed by atoms with Crippen molar-refractivity contribution in [3.63, 3.8) is 0 Å². The summed E-state index contributed by atoms with van der Waals surface area (Å²) in [6.45, 7) is 5.64. The Hall–Kier alpha value is -3.45. The molecule has 1 aromatic carbocycles. The van der Waals surface area contributed by atoms with Gasteiger partial charge in [-0.1, -0.05) is 135 Å². The molecule has 1 heterocycles. The summed E-state index contributed by atoms with van der Waals surface area (Å²) in [5.41, 5.74) is 6.01. The molecule has 44 heavy (non-hydrogen) atoms. The topological polar surface area (TPSA) is 125 Å². The maximum Gasteiger partial charge on any atom is 0.268 e. The zero-order valence-electron chi connectivity index (χ0n) is 27.5. The predicted molar refractivity (Wildman–Crippen MR) is 181 cm³/mol. The average molecular weight is 605 g/mol. The third-order valence-corrected chi connectivity index (χ3v) is 8.21. The Morgan fingerprint density at radius 3 is 1.52 bits per heavy atom. The van der Waals surface area contributed by atoms with Gasteiger partial charge >= 0.3 is 0 Å². The second-order valence-corrected chi connectivity index (χ2v) is 11.9. The monoisotopic (exact) mass is 604 g/mol. The van der Waals surface area contributed by atoms with Crippen LogP contribution in [-0.2, 0) is 0 Å². The normalized spacial score (nSPS) is 10.8. The standard InChI is InChI=1S/C37H56N4O3/c1-3-5-7-9-11-13-15-17-19-21-25-43-33-24-23-30(35-31(28-38)36(40)41-37(42)32(35)29-39)27-34(33)44-26-22-20-18-16-14-12-10-8-6-4-2/h23-24,27H,3-22,25-26H2,1-2H3,(H3,40,41,42). The summed E-state index contributed by atoms with van der Waals surface area (Å²) in [5, 5.41) is 19.5. The number of nitrogens with one attached hydrogen (secondary N) is 1. The molecule has 0 fully saturated rings. The van der Waals surface area contributed by atoms with Gasteiger partial charge in [0.15, 0.2) is 11.5 Å². The molecule has 0 radical (unpaired) electrons. The van der Waals surface area contributed by atoms with Crippen molar-refractivity contribution in [2.24, 2.45) is 0 Å². The molecule has 7 nitrogen and oxygen atoms in total. The average Bonchev–Trinajstić information content (AvgIpc) is 3.02. The summed E-state index contributed by atoms with van der Waals surface area (Å²) in [7, 11) is 0. The number of ether oxygens (including phenoxy) is 2. The number of nitriles is 2. The van der Waals surface area contributed by atoms with Crippen molar-refractivity contribution < 1.29 is 9.47 Å². The summed E-state index contributed by atoms with van der Waals surface area (Å²) in [6, 6.07) is 9.32. The van der Waals surface area contributed by atoms with E-state index < -0.39 is 5.56 Å². The van der Waals surface area contributed by atoms with E-state index in [-0.39, 0.29) is 22.5 Å². The van der Waals surface area contributed by atoms with Crippen molar-refractivity contribution in [1.82, 2.24) is 4.98 Å². The molecule has 0 saturated carbocycles. The Balaban J connectivity index is 1.98. The number of nitrogen functional groups attached to an aromatic ring is 1. The van der Waals surface area contributed by atoms with Crippen molar-refractivity contribution in [1.29, 1.82) is 10.5 Å². The summed E-state index contributed by atoms with van der Waals surface area (Å²) in [5.74, 6) is 1.13. The maximum atomic E-state index is 12.5. The molecule has 0 aliphatic heterocycles. The van der Waals surface area contributed by atoms with Crippen LogP contribution in [0.1, 0.15) is 153 Å². The molecule has 0 aliphatic rings. The number of benzene rings is 1. The molecular weight excluding hydrogens is 548 g/mol. The first-order valence-electron chi connectivity index (χ1n) is 17.3. The molecule has 242 valence electrons.